The van der Waals surface area contributed by atoms with Gasteiger partial charge in [-0.15, -0.1) is 11.3 Å². The van der Waals surface area contributed by atoms with Crippen LogP contribution in [-0.4, -0.2) is 31.3 Å². The molecule has 0 saturated heterocycles. The zero-order valence-electron chi connectivity index (χ0n) is 24.1. The van der Waals surface area contributed by atoms with Crippen molar-refractivity contribution in [2.45, 2.75) is 78.1 Å². The van der Waals surface area contributed by atoms with Crippen LogP contribution in [0, 0.1) is 0 Å². The molecule has 2 N–H and O–H groups in total. The van der Waals surface area contributed by atoms with Crippen LogP contribution in [0.15, 0.2) is 36.4 Å². The molecule has 1 heterocycles. The minimum atomic E-state index is -0.431. The van der Waals surface area contributed by atoms with Crippen LogP contribution >= 0.6 is 35.2 Å². The van der Waals surface area contributed by atoms with Crippen LogP contribution in [0.1, 0.15) is 88.0 Å². The Balaban J connectivity index is 1.50. The Bertz CT molecular complexity index is 1320. The quantitative estimate of drug-likeness (QED) is 0.125. The summed E-state index contributed by atoms with van der Waals surface area (Å²) in [6.45, 7) is 15.1. The van der Waals surface area contributed by atoms with Gasteiger partial charge in [0.05, 0.1) is 18.7 Å². The number of methoxy groups -OCH3 is 1. The highest BCUT2D eigenvalue weighted by Gasteiger charge is 2.26. The van der Waals surface area contributed by atoms with Crippen molar-refractivity contribution < 1.29 is 14.3 Å². The molecule has 0 atom stereocenters. The number of anilines is 1. The molecule has 3 rings (SSSR count). The number of rotatable bonds is 12. The largest absolute Gasteiger partial charge is 0.493 e. The number of halogens is 1. The van der Waals surface area contributed by atoms with E-state index in [1.165, 1.54) is 29.6 Å². The molecule has 0 saturated carbocycles. The maximum absolute atomic E-state index is 11.9. The highest BCUT2D eigenvalue weighted by Crippen LogP contribution is 2.39. The average molecular weight is 589 g/mol. The number of unbranched alkanes of at least 4 members (excludes halogenated alkanes) is 1. The number of benzene rings is 2. The molecule has 0 amide bonds. The first kappa shape index (κ1) is 31.2. The van der Waals surface area contributed by atoms with E-state index in [9.17, 15) is 4.79 Å². The van der Waals surface area contributed by atoms with Crippen molar-refractivity contribution in [2.75, 3.05) is 25.6 Å². The maximum Gasteiger partial charge on any atom is 0.349 e. The molecule has 1 aromatic heterocycles. The van der Waals surface area contributed by atoms with Gasteiger partial charge in [-0.2, -0.15) is 0 Å². The summed E-state index contributed by atoms with van der Waals surface area (Å²) in [5.41, 5.74) is 3.68. The second-order valence-corrected chi connectivity index (χ2v) is 12.9. The summed E-state index contributed by atoms with van der Waals surface area (Å²) in [6, 6.07) is 12.4. The predicted octanol–water partition coefficient (Wildman–Crippen LogP) is 8.86. The normalized spacial score (nSPS) is 11.9. The number of fused-ring (bicyclic) bond motifs is 1. The molecule has 0 aliphatic rings. The molecule has 0 aliphatic heterocycles. The number of carbonyl (C=O) groups is 1. The second-order valence-electron chi connectivity index (χ2n) is 11.1. The number of nitrogens with one attached hydrogen (secondary N) is 2. The van der Waals surface area contributed by atoms with Gasteiger partial charge in [-0.1, -0.05) is 65.3 Å². The van der Waals surface area contributed by atoms with Gasteiger partial charge in [0.2, 0.25) is 0 Å². The van der Waals surface area contributed by atoms with Crippen LogP contribution in [0.3, 0.4) is 0 Å². The third kappa shape index (κ3) is 7.65. The standard InChI is InChI=1S/C31H41ClN2O3S2/c1-8-30(3,4)20-12-15-24(23(18-20)31(5,6)9-2)37-17-11-10-16-33-29(38)34-21-13-14-22-25(19-21)39-27(26(22)32)28(35)36-7/h12-15,18-19H,8-11,16-17H2,1-7H3,(H2,33,34,38). The van der Waals surface area contributed by atoms with Gasteiger partial charge in [-0.3, -0.25) is 0 Å². The monoisotopic (exact) mass is 588 g/mol. The summed E-state index contributed by atoms with van der Waals surface area (Å²) in [6.07, 6.45) is 3.99. The highest BCUT2D eigenvalue weighted by molar-refractivity contribution is 7.80. The summed E-state index contributed by atoms with van der Waals surface area (Å²) in [5, 5.41) is 8.26. The lowest BCUT2D eigenvalue weighted by Gasteiger charge is -2.30. The number of hydrogen-bond acceptors (Lipinski definition) is 5. The first-order valence-corrected chi connectivity index (χ1v) is 15.2. The van der Waals surface area contributed by atoms with Crippen molar-refractivity contribution in [1.29, 1.82) is 0 Å². The molecule has 0 aliphatic carbocycles. The summed E-state index contributed by atoms with van der Waals surface area (Å²) < 4.78 is 12.0. The van der Waals surface area contributed by atoms with Gasteiger partial charge in [0, 0.05) is 27.9 Å². The predicted molar refractivity (Wildman–Crippen MR) is 170 cm³/mol. The number of esters is 1. The van der Waals surface area contributed by atoms with Crippen molar-refractivity contribution in [3.8, 4) is 5.75 Å². The van der Waals surface area contributed by atoms with Crippen LogP contribution in [0.4, 0.5) is 5.69 Å². The zero-order chi connectivity index (χ0) is 28.8. The minimum Gasteiger partial charge on any atom is -0.493 e. The van der Waals surface area contributed by atoms with Crippen molar-refractivity contribution in [1.82, 2.24) is 5.32 Å². The van der Waals surface area contributed by atoms with Gasteiger partial charge in [0.1, 0.15) is 10.6 Å². The van der Waals surface area contributed by atoms with Crippen LogP contribution in [0.5, 0.6) is 5.75 Å². The van der Waals surface area contributed by atoms with Crippen molar-refractivity contribution in [3.05, 3.63) is 57.4 Å². The summed E-state index contributed by atoms with van der Waals surface area (Å²) in [7, 11) is 1.35. The molecule has 212 valence electrons. The number of ether oxygens (including phenoxy) is 2. The summed E-state index contributed by atoms with van der Waals surface area (Å²) >= 11 is 13.1. The van der Waals surface area contributed by atoms with Crippen molar-refractivity contribution >= 4 is 62.0 Å². The molecular weight excluding hydrogens is 548 g/mol. The fraction of sp³-hybridized carbons (Fsp3) is 0.484. The van der Waals surface area contributed by atoms with Gasteiger partial charge in [-0.25, -0.2) is 4.79 Å². The van der Waals surface area contributed by atoms with Crippen LogP contribution in [-0.2, 0) is 15.6 Å². The Morgan fingerprint density at radius 2 is 1.74 bits per heavy atom. The first-order chi connectivity index (χ1) is 18.4. The Kier molecular flexibility index (Phi) is 10.7. The van der Waals surface area contributed by atoms with Crippen molar-refractivity contribution in [3.63, 3.8) is 0 Å². The first-order valence-electron chi connectivity index (χ1n) is 13.6. The topological polar surface area (TPSA) is 59.6 Å². The number of carbonyl (C=O) groups excluding carboxylic acids is 1. The Labute approximate surface area is 247 Å². The highest BCUT2D eigenvalue weighted by atomic mass is 35.5. The van der Waals surface area contributed by atoms with Gasteiger partial charge >= 0.3 is 5.97 Å². The Morgan fingerprint density at radius 1 is 1.03 bits per heavy atom. The van der Waals surface area contributed by atoms with E-state index in [1.54, 1.807) is 0 Å². The molecule has 5 nitrogen and oxygen atoms in total. The Hall–Kier alpha value is -2.35. The lowest BCUT2D eigenvalue weighted by molar-refractivity contribution is 0.0606. The van der Waals surface area contributed by atoms with E-state index in [-0.39, 0.29) is 10.8 Å². The third-order valence-electron chi connectivity index (χ3n) is 7.63. The minimum absolute atomic E-state index is 0.0485. The van der Waals surface area contributed by atoms with Crippen molar-refractivity contribution in [2.24, 2.45) is 0 Å². The third-order valence-corrected chi connectivity index (χ3v) is 9.51. The van der Waals surface area contributed by atoms with Crippen LogP contribution < -0.4 is 15.4 Å². The molecular formula is C31H41ClN2O3S2. The van der Waals surface area contributed by atoms with Gasteiger partial charge in [-0.05, 0) is 78.6 Å². The zero-order valence-corrected chi connectivity index (χ0v) is 26.5. The number of thiocarbonyl (C=S) groups is 1. The Morgan fingerprint density at radius 3 is 2.41 bits per heavy atom. The van der Waals surface area contributed by atoms with E-state index >= 15 is 0 Å². The molecule has 0 unspecified atom stereocenters. The molecule has 2 aromatic carbocycles. The van der Waals surface area contributed by atoms with Crippen LogP contribution in [0.2, 0.25) is 5.02 Å². The fourth-order valence-electron chi connectivity index (χ4n) is 4.15. The average Bonchev–Trinajstić information content (AvgIpc) is 3.25. The molecule has 0 fully saturated rings. The van der Waals surface area contributed by atoms with E-state index in [2.05, 4.69) is 70.4 Å². The number of hydrogen-bond donors (Lipinski definition) is 2. The smallest absolute Gasteiger partial charge is 0.349 e. The summed E-state index contributed by atoms with van der Waals surface area (Å²) in [5.74, 6) is 0.557. The summed E-state index contributed by atoms with van der Waals surface area (Å²) in [4.78, 5) is 12.3. The van der Waals surface area contributed by atoms with E-state index < -0.39 is 5.97 Å². The molecule has 8 heteroatoms. The van der Waals surface area contributed by atoms with E-state index in [4.69, 9.17) is 33.3 Å². The SMILES string of the molecule is CCC(C)(C)c1ccc(OCCCCNC(=S)Nc2ccc3c(Cl)c(C(=O)OC)sc3c2)c(C(C)(C)CC)c1. The van der Waals surface area contributed by atoms with Gasteiger partial charge < -0.3 is 20.1 Å². The molecule has 0 bridgehead atoms. The molecule has 0 spiro atoms. The maximum atomic E-state index is 11.9. The molecule has 0 radical (unpaired) electrons. The lowest BCUT2D eigenvalue weighted by atomic mass is 9.76. The lowest BCUT2D eigenvalue weighted by Crippen LogP contribution is -2.29. The van der Waals surface area contributed by atoms with Crippen LogP contribution in [0.25, 0.3) is 10.1 Å². The second kappa shape index (κ2) is 13.3. The van der Waals surface area contributed by atoms with Gasteiger partial charge in [0.15, 0.2) is 5.11 Å². The molecule has 3 aromatic rings. The van der Waals surface area contributed by atoms with E-state index in [0.29, 0.717) is 21.6 Å². The van der Waals surface area contributed by atoms with E-state index in [1.807, 2.05) is 18.2 Å². The fourth-order valence-corrected chi connectivity index (χ4v) is 5.84. The van der Waals surface area contributed by atoms with Gasteiger partial charge in [0.25, 0.3) is 0 Å². The number of thiophene rings is 1. The molecule has 39 heavy (non-hydrogen) atoms. The van der Waals surface area contributed by atoms with E-state index in [0.717, 1.165) is 53.8 Å².